The van der Waals surface area contributed by atoms with Crippen LogP contribution in [0, 0.1) is 0 Å². The molecular weight excluding hydrogens is 378 g/mol. The molecule has 2 N–H and O–H groups in total. The third-order valence-corrected chi connectivity index (χ3v) is 5.52. The average Bonchev–Trinajstić information content (AvgIpc) is 2.98. The van der Waals surface area contributed by atoms with Gasteiger partial charge in [0.05, 0.1) is 19.9 Å². The highest BCUT2D eigenvalue weighted by atomic mass is 32.2. The van der Waals surface area contributed by atoms with E-state index in [-0.39, 0.29) is 12.6 Å². The van der Waals surface area contributed by atoms with E-state index < -0.39 is 15.7 Å². The second-order valence-electron chi connectivity index (χ2n) is 6.86. The first-order valence-corrected chi connectivity index (χ1v) is 11.0. The summed E-state index contributed by atoms with van der Waals surface area (Å²) in [4.78, 5) is 14.1. The van der Waals surface area contributed by atoms with Gasteiger partial charge in [-0.1, -0.05) is 42.5 Å². The molecule has 8 heteroatoms. The molecule has 2 aromatic carbocycles. The molecule has 0 saturated carbocycles. The average molecular weight is 404 g/mol. The molecule has 2 amide bonds. The lowest BCUT2D eigenvalue weighted by molar-refractivity contribution is 0.145. The van der Waals surface area contributed by atoms with Gasteiger partial charge < -0.3 is 10.1 Å². The largest absolute Gasteiger partial charge is 0.497 e. The van der Waals surface area contributed by atoms with Crippen LogP contribution in [0.3, 0.4) is 0 Å². The molecule has 0 aliphatic carbocycles. The van der Waals surface area contributed by atoms with E-state index in [0.717, 1.165) is 12.7 Å². The van der Waals surface area contributed by atoms with Crippen molar-refractivity contribution in [1.82, 2.24) is 14.9 Å². The number of ether oxygens (including phenoxy) is 1. The quantitative estimate of drug-likeness (QED) is 0.706. The zero-order chi connectivity index (χ0) is 20.2. The zero-order valence-corrected chi connectivity index (χ0v) is 16.8. The number of urea groups is 1. The van der Waals surface area contributed by atoms with Crippen LogP contribution in [0.1, 0.15) is 17.5 Å². The van der Waals surface area contributed by atoms with Crippen molar-refractivity contribution < 1.29 is 17.9 Å². The number of aryl methyl sites for hydroxylation is 1. The number of nitrogens with one attached hydrogen (secondary N) is 2. The topological polar surface area (TPSA) is 87.7 Å². The lowest BCUT2D eigenvalue weighted by Gasteiger charge is -2.37. The summed E-state index contributed by atoms with van der Waals surface area (Å²) in [5, 5.41) is 2.79. The number of hydrogen-bond donors (Lipinski definition) is 2. The van der Waals surface area contributed by atoms with Gasteiger partial charge in [-0.15, -0.1) is 0 Å². The van der Waals surface area contributed by atoms with Crippen molar-refractivity contribution in [2.45, 2.75) is 18.5 Å². The maximum absolute atomic E-state index is 12.6. The van der Waals surface area contributed by atoms with Crippen LogP contribution >= 0.6 is 0 Å². The number of nitrogens with zero attached hydrogens (tertiary/aromatic N) is 1. The molecule has 0 spiro atoms. The number of carbonyl (C=O) groups excluding carboxylic acids is 1. The van der Waals surface area contributed by atoms with Crippen molar-refractivity contribution in [2.24, 2.45) is 0 Å². The summed E-state index contributed by atoms with van der Waals surface area (Å²) in [5.74, 6) is 0.658. The number of hydrogen-bond acceptors (Lipinski definition) is 4. The van der Waals surface area contributed by atoms with Crippen molar-refractivity contribution in [3.8, 4) is 5.75 Å². The summed E-state index contributed by atoms with van der Waals surface area (Å²) in [6, 6.07) is 16.8. The first kappa shape index (κ1) is 20.2. The Morgan fingerprint density at radius 2 is 1.82 bits per heavy atom. The Labute approximate surface area is 165 Å². The summed E-state index contributed by atoms with van der Waals surface area (Å²) in [5.41, 5.74) is 0.679. The number of carbonyl (C=O) groups is 1. The third-order valence-electron chi connectivity index (χ3n) is 4.81. The molecule has 0 aromatic heterocycles. The van der Waals surface area contributed by atoms with Gasteiger partial charge in [0.1, 0.15) is 5.75 Å². The van der Waals surface area contributed by atoms with Gasteiger partial charge in [0.15, 0.2) is 5.66 Å². The van der Waals surface area contributed by atoms with Crippen LogP contribution in [-0.4, -0.2) is 45.8 Å². The van der Waals surface area contributed by atoms with Gasteiger partial charge in [0.2, 0.25) is 10.0 Å². The minimum Gasteiger partial charge on any atom is -0.497 e. The van der Waals surface area contributed by atoms with Crippen molar-refractivity contribution >= 4 is 16.1 Å². The Morgan fingerprint density at radius 1 is 1.14 bits per heavy atom. The van der Waals surface area contributed by atoms with E-state index in [1.165, 1.54) is 5.56 Å². The summed E-state index contributed by atoms with van der Waals surface area (Å²) >= 11 is 0. The normalized spacial score (nSPS) is 19.5. The highest BCUT2D eigenvalue weighted by molar-refractivity contribution is 7.88. The summed E-state index contributed by atoms with van der Waals surface area (Å²) in [7, 11) is -2.01. The molecule has 28 heavy (non-hydrogen) atoms. The highest BCUT2D eigenvalue weighted by Crippen LogP contribution is 2.32. The van der Waals surface area contributed by atoms with E-state index in [1.54, 1.807) is 36.3 Å². The van der Waals surface area contributed by atoms with Crippen molar-refractivity contribution in [1.29, 1.82) is 0 Å². The minimum atomic E-state index is -3.58. The van der Waals surface area contributed by atoms with Gasteiger partial charge in [-0.2, -0.15) is 4.72 Å². The number of sulfonamides is 1. The molecule has 1 atom stereocenters. The lowest BCUT2D eigenvalue weighted by Crippen LogP contribution is -2.57. The van der Waals surface area contributed by atoms with Crippen molar-refractivity contribution in [3.05, 3.63) is 65.7 Å². The van der Waals surface area contributed by atoms with Crippen LogP contribution in [0.5, 0.6) is 5.75 Å². The van der Waals surface area contributed by atoms with Gasteiger partial charge in [-0.3, -0.25) is 4.90 Å². The molecule has 1 fully saturated rings. The van der Waals surface area contributed by atoms with Gasteiger partial charge >= 0.3 is 6.03 Å². The lowest BCUT2D eigenvalue weighted by atomic mass is 9.99. The fourth-order valence-electron chi connectivity index (χ4n) is 3.53. The van der Waals surface area contributed by atoms with Crippen LogP contribution in [-0.2, 0) is 22.1 Å². The zero-order valence-electron chi connectivity index (χ0n) is 16.0. The fourth-order valence-corrected chi connectivity index (χ4v) is 4.44. The summed E-state index contributed by atoms with van der Waals surface area (Å²) in [6.07, 6.45) is 2.60. The van der Waals surface area contributed by atoms with Crippen LogP contribution in [0.4, 0.5) is 4.79 Å². The predicted molar refractivity (Wildman–Crippen MR) is 108 cm³/mol. The second kappa shape index (κ2) is 8.20. The molecule has 0 radical (unpaired) electrons. The van der Waals surface area contributed by atoms with Crippen molar-refractivity contribution in [3.63, 3.8) is 0 Å². The number of methoxy groups -OCH3 is 1. The van der Waals surface area contributed by atoms with Crippen LogP contribution in [0.15, 0.2) is 54.6 Å². The van der Waals surface area contributed by atoms with E-state index >= 15 is 0 Å². The third kappa shape index (κ3) is 4.45. The first-order chi connectivity index (χ1) is 13.3. The molecule has 3 rings (SSSR count). The summed E-state index contributed by atoms with van der Waals surface area (Å²) in [6.45, 7) is 0.561. The van der Waals surface area contributed by atoms with E-state index in [1.807, 2.05) is 30.3 Å². The van der Waals surface area contributed by atoms with Crippen molar-refractivity contribution in [2.75, 3.05) is 26.5 Å². The predicted octanol–water partition coefficient (Wildman–Crippen LogP) is 2.06. The van der Waals surface area contributed by atoms with Gasteiger partial charge in [0, 0.05) is 6.54 Å². The smallest absolute Gasteiger partial charge is 0.319 e. The Morgan fingerprint density at radius 3 is 2.43 bits per heavy atom. The molecule has 150 valence electrons. The first-order valence-electron chi connectivity index (χ1n) is 9.07. The number of rotatable bonds is 8. The maximum Gasteiger partial charge on any atom is 0.319 e. The van der Waals surface area contributed by atoms with E-state index in [2.05, 4.69) is 10.0 Å². The monoisotopic (exact) mass is 403 g/mol. The number of amides is 2. The molecule has 1 saturated heterocycles. The SMILES string of the molecule is COc1ccc(C2(NS(C)(=O)=O)CNC(=O)N2CCCc2ccccc2)cc1. The summed E-state index contributed by atoms with van der Waals surface area (Å²) < 4.78 is 32.2. The molecular formula is C20H25N3O4S. The Balaban J connectivity index is 1.88. The van der Waals surface area contributed by atoms with E-state index in [4.69, 9.17) is 4.74 Å². The minimum absolute atomic E-state index is 0.149. The second-order valence-corrected chi connectivity index (χ2v) is 8.61. The van der Waals surface area contributed by atoms with Crippen LogP contribution in [0.2, 0.25) is 0 Å². The molecule has 1 aliphatic heterocycles. The molecule has 1 unspecified atom stereocenters. The molecule has 2 aromatic rings. The maximum atomic E-state index is 12.6. The Hall–Kier alpha value is -2.58. The fraction of sp³-hybridized carbons (Fsp3) is 0.350. The van der Waals surface area contributed by atoms with E-state index in [9.17, 15) is 13.2 Å². The molecule has 7 nitrogen and oxygen atoms in total. The molecule has 1 heterocycles. The van der Waals surface area contributed by atoms with E-state index in [0.29, 0.717) is 24.3 Å². The van der Waals surface area contributed by atoms with Gasteiger partial charge in [0.25, 0.3) is 0 Å². The molecule has 0 bridgehead atoms. The Bertz CT molecular complexity index is 916. The van der Waals surface area contributed by atoms with Crippen LogP contribution < -0.4 is 14.8 Å². The van der Waals surface area contributed by atoms with Crippen LogP contribution in [0.25, 0.3) is 0 Å². The molecule has 1 aliphatic rings. The highest BCUT2D eigenvalue weighted by Gasteiger charge is 2.48. The van der Waals surface area contributed by atoms with Gasteiger partial charge in [-0.05, 0) is 36.1 Å². The van der Waals surface area contributed by atoms with Gasteiger partial charge in [-0.25, -0.2) is 13.2 Å². The Kier molecular flexibility index (Phi) is 5.90. The number of benzene rings is 2. The standard InChI is InChI=1S/C20H25N3O4S/c1-27-18-12-10-17(11-13-18)20(22-28(2,25)26)15-21-19(24)23(20)14-6-9-16-7-4-3-5-8-16/h3-5,7-8,10-13,22H,6,9,14-15H2,1-2H3,(H,21,24).